The molecule has 34 heavy (non-hydrogen) atoms. The van der Waals surface area contributed by atoms with E-state index >= 15 is 0 Å². The minimum atomic E-state index is -0.255. The molecule has 2 amide bonds. The number of carbonyl (C=O) groups excluding carboxylic acids is 2. The summed E-state index contributed by atoms with van der Waals surface area (Å²) < 4.78 is 0. The normalized spacial score (nSPS) is 24.4. The molecule has 2 unspecified atom stereocenters. The van der Waals surface area contributed by atoms with Gasteiger partial charge in [-0.1, -0.05) is 44.5 Å². The fraction of sp³-hybridized carbons (Fsp3) is 0.520. The van der Waals surface area contributed by atoms with Crippen LogP contribution in [0, 0.1) is 0 Å². The molecule has 2 saturated heterocycles. The SMILES string of the molecule is CC(C)NC[C@@H](C(=O)N1CC2CC1CN2c1ncnc2c1[C@H](C)CC(=O)N2)c1ccc(Cl)cc1. The first-order chi connectivity index (χ1) is 16.3. The van der Waals surface area contributed by atoms with Crippen molar-refractivity contribution in [3.63, 3.8) is 0 Å². The van der Waals surface area contributed by atoms with E-state index in [4.69, 9.17) is 11.6 Å². The summed E-state index contributed by atoms with van der Waals surface area (Å²) in [6.07, 6.45) is 2.89. The van der Waals surface area contributed by atoms with Crippen LogP contribution in [0.15, 0.2) is 30.6 Å². The first-order valence-electron chi connectivity index (χ1n) is 12.0. The largest absolute Gasteiger partial charge is 0.349 e. The van der Waals surface area contributed by atoms with Crippen LogP contribution in [0.2, 0.25) is 5.02 Å². The van der Waals surface area contributed by atoms with Gasteiger partial charge in [0.1, 0.15) is 18.0 Å². The van der Waals surface area contributed by atoms with Gasteiger partial charge in [-0.2, -0.15) is 0 Å². The zero-order valence-electron chi connectivity index (χ0n) is 19.8. The maximum atomic E-state index is 13.8. The van der Waals surface area contributed by atoms with Crippen molar-refractivity contribution in [1.29, 1.82) is 0 Å². The van der Waals surface area contributed by atoms with Gasteiger partial charge in [-0.25, -0.2) is 9.97 Å². The highest BCUT2D eigenvalue weighted by atomic mass is 35.5. The van der Waals surface area contributed by atoms with E-state index in [2.05, 4.69) is 44.2 Å². The van der Waals surface area contributed by atoms with E-state index in [9.17, 15) is 9.59 Å². The molecule has 0 radical (unpaired) electrons. The predicted molar refractivity (Wildman–Crippen MR) is 132 cm³/mol. The first kappa shape index (κ1) is 23.1. The van der Waals surface area contributed by atoms with E-state index in [1.807, 2.05) is 31.2 Å². The lowest BCUT2D eigenvalue weighted by atomic mass is 9.94. The van der Waals surface area contributed by atoms with Crippen molar-refractivity contribution in [3.8, 4) is 0 Å². The van der Waals surface area contributed by atoms with Gasteiger partial charge in [0, 0.05) is 42.7 Å². The highest BCUT2D eigenvalue weighted by Crippen LogP contribution is 2.42. The molecule has 0 saturated carbocycles. The Kier molecular flexibility index (Phi) is 6.20. The number of carbonyl (C=O) groups is 2. The number of aromatic nitrogens is 2. The molecule has 0 aliphatic carbocycles. The average Bonchev–Trinajstić information content (AvgIpc) is 3.40. The number of nitrogens with zero attached hydrogens (tertiary/aromatic N) is 4. The van der Waals surface area contributed by atoms with Crippen LogP contribution in [0.3, 0.4) is 0 Å². The van der Waals surface area contributed by atoms with Crippen molar-refractivity contribution in [2.75, 3.05) is 29.9 Å². The maximum Gasteiger partial charge on any atom is 0.231 e. The zero-order chi connectivity index (χ0) is 24.0. The quantitative estimate of drug-likeness (QED) is 0.657. The molecule has 9 heteroatoms. The summed E-state index contributed by atoms with van der Waals surface area (Å²) >= 11 is 6.09. The molecule has 3 aliphatic heterocycles. The first-order valence-corrected chi connectivity index (χ1v) is 12.4. The lowest BCUT2D eigenvalue weighted by molar-refractivity contribution is -0.133. The summed E-state index contributed by atoms with van der Waals surface area (Å²) in [5, 5.41) is 7.00. The summed E-state index contributed by atoms with van der Waals surface area (Å²) in [5.41, 5.74) is 1.99. The van der Waals surface area contributed by atoms with E-state index in [-0.39, 0.29) is 35.7 Å². The predicted octanol–water partition coefficient (Wildman–Crippen LogP) is 3.15. The second-order valence-corrected chi connectivity index (χ2v) is 10.4. The van der Waals surface area contributed by atoms with Gasteiger partial charge in [-0.05, 0) is 30.0 Å². The molecular formula is C25H31ClN6O2. The molecule has 180 valence electrons. The number of hydrogen-bond donors (Lipinski definition) is 2. The summed E-state index contributed by atoms with van der Waals surface area (Å²) in [7, 11) is 0. The van der Waals surface area contributed by atoms with Crippen LogP contribution in [0.4, 0.5) is 11.6 Å². The Morgan fingerprint density at radius 1 is 1.21 bits per heavy atom. The number of anilines is 2. The Balaban J connectivity index is 1.35. The van der Waals surface area contributed by atoms with Gasteiger partial charge >= 0.3 is 0 Å². The van der Waals surface area contributed by atoms with Gasteiger partial charge in [0.25, 0.3) is 0 Å². The Hall–Kier alpha value is -2.71. The molecule has 8 nitrogen and oxygen atoms in total. The monoisotopic (exact) mass is 482 g/mol. The number of hydrogen-bond acceptors (Lipinski definition) is 6. The third-order valence-corrected chi connectivity index (χ3v) is 7.45. The standard InChI is InChI=1S/C25H31ClN6O2/c1-14(2)27-10-20(16-4-6-17(26)7-5-16)25(34)32-12-18-9-19(32)11-31(18)24-22-15(3)8-21(33)30-23(22)28-13-29-24/h4-7,13-15,18-20,27H,8-12H2,1-3H3,(H,28,29,30,33)/t15-,18?,19?,20-/m1/s1. The zero-order valence-corrected chi connectivity index (χ0v) is 20.5. The smallest absolute Gasteiger partial charge is 0.231 e. The van der Waals surface area contributed by atoms with Crippen molar-refractivity contribution in [1.82, 2.24) is 20.2 Å². The molecule has 2 bridgehead atoms. The lowest BCUT2D eigenvalue weighted by Crippen LogP contribution is -2.51. The molecule has 1 aromatic heterocycles. The van der Waals surface area contributed by atoms with E-state index in [0.717, 1.165) is 29.9 Å². The fourth-order valence-corrected chi connectivity index (χ4v) is 5.65. The third kappa shape index (κ3) is 4.25. The van der Waals surface area contributed by atoms with Gasteiger partial charge in [-0.3, -0.25) is 9.59 Å². The highest BCUT2D eigenvalue weighted by Gasteiger charge is 2.48. The van der Waals surface area contributed by atoms with Crippen molar-refractivity contribution < 1.29 is 9.59 Å². The summed E-state index contributed by atoms with van der Waals surface area (Å²) in [5.74, 6) is 1.48. The topological polar surface area (TPSA) is 90.5 Å². The average molecular weight is 483 g/mol. The molecule has 3 aliphatic rings. The summed E-state index contributed by atoms with van der Waals surface area (Å²) in [6, 6.07) is 8.25. The van der Waals surface area contributed by atoms with Crippen molar-refractivity contribution in [3.05, 3.63) is 46.7 Å². The van der Waals surface area contributed by atoms with Crippen LogP contribution in [-0.4, -0.2) is 64.4 Å². The van der Waals surface area contributed by atoms with E-state index in [1.165, 1.54) is 6.33 Å². The molecule has 4 atom stereocenters. The molecule has 2 aromatic rings. The Morgan fingerprint density at radius 3 is 2.65 bits per heavy atom. The number of nitrogens with one attached hydrogen (secondary N) is 2. The van der Waals surface area contributed by atoms with Gasteiger partial charge in [0.15, 0.2) is 0 Å². The minimum absolute atomic E-state index is 0.00684. The van der Waals surface area contributed by atoms with Crippen molar-refractivity contribution in [2.45, 2.75) is 63.6 Å². The van der Waals surface area contributed by atoms with Gasteiger partial charge in [-0.15, -0.1) is 0 Å². The molecular weight excluding hydrogens is 452 g/mol. The van der Waals surface area contributed by atoms with Crippen LogP contribution in [0.25, 0.3) is 0 Å². The number of piperazine rings is 1. The second kappa shape index (κ2) is 9.15. The van der Waals surface area contributed by atoms with Gasteiger partial charge < -0.3 is 20.4 Å². The molecule has 0 spiro atoms. The van der Waals surface area contributed by atoms with Crippen LogP contribution in [0.1, 0.15) is 56.6 Å². The van der Waals surface area contributed by atoms with Gasteiger partial charge in [0.05, 0.1) is 18.0 Å². The second-order valence-electron chi connectivity index (χ2n) is 9.97. The number of likely N-dealkylation sites (tertiary alicyclic amines) is 1. The van der Waals surface area contributed by atoms with Crippen molar-refractivity contribution >= 4 is 35.1 Å². The Bertz CT molecular complexity index is 1090. The number of fused-ring (bicyclic) bond motifs is 3. The minimum Gasteiger partial charge on any atom is -0.349 e. The summed E-state index contributed by atoms with van der Waals surface area (Å²) in [6.45, 7) is 8.23. The Labute approximate surface area is 205 Å². The molecule has 1 aromatic carbocycles. The number of benzene rings is 1. The van der Waals surface area contributed by atoms with Gasteiger partial charge in [0.2, 0.25) is 11.8 Å². The molecule has 4 heterocycles. The molecule has 2 fully saturated rings. The third-order valence-electron chi connectivity index (χ3n) is 7.20. The van der Waals surface area contributed by atoms with Crippen molar-refractivity contribution in [2.24, 2.45) is 0 Å². The van der Waals surface area contributed by atoms with E-state index in [1.54, 1.807) is 0 Å². The summed E-state index contributed by atoms with van der Waals surface area (Å²) in [4.78, 5) is 39.0. The maximum absolute atomic E-state index is 13.8. The number of amides is 2. The number of rotatable bonds is 6. The van der Waals surface area contributed by atoms with Crippen LogP contribution in [0.5, 0.6) is 0 Å². The Morgan fingerprint density at radius 2 is 1.97 bits per heavy atom. The number of halogens is 1. The van der Waals surface area contributed by atoms with E-state index in [0.29, 0.717) is 36.4 Å². The molecule has 2 N–H and O–H groups in total. The lowest BCUT2D eigenvalue weighted by Gasteiger charge is -2.38. The van der Waals surface area contributed by atoms with Crippen LogP contribution >= 0.6 is 11.6 Å². The van der Waals surface area contributed by atoms with Crippen LogP contribution in [-0.2, 0) is 9.59 Å². The van der Waals surface area contributed by atoms with E-state index < -0.39 is 0 Å². The molecule has 5 rings (SSSR count). The highest BCUT2D eigenvalue weighted by molar-refractivity contribution is 6.30. The van der Waals surface area contributed by atoms with Crippen LogP contribution < -0.4 is 15.5 Å². The fourth-order valence-electron chi connectivity index (χ4n) is 5.52.